The van der Waals surface area contributed by atoms with Crippen LogP contribution in [0.4, 0.5) is 13.2 Å². The molecule has 20 heavy (non-hydrogen) atoms. The molecule has 1 fully saturated rings. The molecule has 1 aromatic carbocycles. The van der Waals surface area contributed by atoms with Crippen LogP contribution in [-0.2, 0) is 0 Å². The molecular formula is C14H17ClF3NO. The molecule has 1 aliphatic heterocycles. The van der Waals surface area contributed by atoms with Crippen molar-refractivity contribution in [2.45, 2.75) is 32.0 Å². The molecule has 2 atom stereocenters. The topological polar surface area (TPSA) is 23.5 Å². The molecular weight excluding hydrogens is 291 g/mol. The van der Waals surface area contributed by atoms with Crippen molar-refractivity contribution in [2.75, 3.05) is 13.1 Å². The van der Waals surface area contributed by atoms with E-state index in [1.165, 1.54) is 6.07 Å². The van der Waals surface area contributed by atoms with Gasteiger partial charge in [0.2, 0.25) is 0 Å². The predicted molar refractivity (Wildman–Crippen MR) is 71.9 cm³/mol. The molecule has 1 aliphatic rings. The zero-order valence-corrected chi connectivity index (χ0v) is 11.9. The van der Waals surface area contributed by atoms with Gasteiger partial charge in [-0.25, -0.2) is 0 Å². The Morgan fingerprint density at radius 3 is 2.75 bits per heavy atom. The Kier molecular flexibility index (Phi) is 4.49. The summed E-state index contributed by atoms with van der Waals surface area (Å²) in [5, 5.41) is 10.3. The summed E-state index contributed by atoms with van der Waals surface area (Å²) >= 11 is 5.89. The van der Waals surface area contributed by atoms with Crippen LogP contribution >= 0.6 is 11.6 Å². The number of piperidine rings is 1. The number of halogens is 4. The van der Waals surface area contributed by atoms with Gasteiger partial charge in [-0.3, -0.25) is 4.90 Å². The van der Waals surface area contributed by atoms with E-state index in [-0.39, 0.29) is 24.8 Å². The second-order valence-corrected chi connectivity index (χ2v) is 5.69. The van der Waals surface area contributed by atoms with E-state index in [0.717, 1.165) is 0 Å². The third-order valence-electron chi connectivity index (χ3n) is 3.90. The van der Waals surface area contributed by atoms with Crippen molar-refractivity contribution in [3.8, 4) is 5.75 Å². The smallest absolute Gasteiger partial charge is 0.393 e. The van der Waals surface area contributed by atoms with Crippen LogP contribution < -0.4 is 0 Å². The molecule has 1 N–H and O–H groups in total. The number of phenolic OH excluding ortho intramolecular Hbond substituents is 1. The van der Waals surface area contributed by atoms with Gasteiger partial charge in [0.05, 0.1) is 5.92 Å². The van der Waals surface area contributed by atoms with E-state index < -0.39 is 12.1 Å². The number of hydrogen-bond donors (Lipinski definition) is 1. The maximum atomic E-state index is 12.8. The molecule has 1 saturated heterocycles. The van der Waals surface area contributed by atoms with Crippen LogP contribution in [0.15, 0.2) is 18.2 Å². The Hall–Kier alpha value is -0.940. The summed E-state index contributed by atoms with van der Waals surface area (Å²) in [6.07, 6.45) is -3.47. The fraction of sp³-hybridized carbons (Fsp3) is 0.571. The van der Waals surface area contributed by atoms with Crippen LogP contribution in [0.2, 0.25) is 5.02 Å². The summed E-state index contributed by atoms with van der Waals surface area (Å²) in [6.45, 7) is 2.36. The Labute approximate surface area is 121 Å². The third-order valence-corrected chi connectivity index (χ3v) is 4.14. The molecule has 0 radical (unpaired) electrons. The monoisotopic (exact) mass is 307 g/mol. The molecule has 6 heteroatoms. The predicted octanol–water partition coefficient (Wildman–Crippen LogP) is 4.38. The minimum atomic E-state index is -4.16. The molecule has 2 unspecified atom stereocenters. The fourth-order valence-electron chi connectivity index (χ4n) is 2.68. The normalized spacial score (nSPS) is 22.8. The molecule has 2 nitrogen and oxygen atoms in total. The van der Waals surface area contributed by atoms with Gasteiger partial charge in [-0.05, 0) is 44.5 Å². The Bertz CT molecular complexity index is 478. The summed E-state index contributed by atoms with van der Waals surface area (Å²) in [7, 11) is 0. The SMILES string of the molecule is CC(c1cc(Cl)ccc1O)N1CCCC(C(F)(F)F)C1. The number of hydrogen-bond acceptors (Lipinski definition) is 2. The van der Waals surface area contributed by atoms with E-state index in [9.17, 15) is 18.3 Å². The highest BCUT2D eigenvalue weighted by Crippen LogP contribution is 2.38. The third kappa shape index (κ3) is 3.38. The lowest BCUT2D eigenvalue weighted by atomic mass is 9.94. The molecule has 0 aromatic heterocycles. The van der Waals surface area contributed by atoms with E-state index in [2.05, 4.69) is 0 Å². The van der Waals surface area contributed by atoms with E-state index in [1.54, 1.807) is 24.0 Å². The van der Waals surface area contributed by atoms with Crippen molar-refractivity contribution in [2.24, 2.45) is 5.92 Å². The largest absolute Gasteiger partial charge is 0.508 e. The second kappa shape index (κ2) is 5.82. The minimum Gasteiger partial charge on any atom is -0.508 e. The van der Waals surface area contributed by atoms with Gasteiger partial charge < -0.3 is 5.11 Å². The first-order valence-corrected chi connectivity index (χ1v) is 6.96. The maximum Gasteiger partial charge on any atom is 0.393 e. The second-order valence-electron chi connectivity index (χ2n) is 5.25. The van der Waals surface area contributed by atoms with Crippen molar-refractivity contribution in [1.29, 1.82) is 0 Å². The maximum absolute atomic E-state index is 12.8. The summed E-state index contributed by atoms with van der Waals surface area (Å²) in [5.74, 6) is -1.23. The molecule has 112 valence electrons. The molecule has 1 aromatic rings. The molecule has 2 rings (SSSR count). The van der Waals surface area contributed by atoms with Crippen LogP contribution in [0, 0.1) is 5.92 Å². The van der Waals surface area contributed by atoms with Gasteiger partial charge in [0.25, 0.3) is 0 Å². The van der Waals surface area contributed by atoms with Crippen molar-refractivity contribution in [3.63, 3.8) is 0 Å². The van der Waals surface area contributed by atoms with Gasteiger partial charge in [0, 0.05) is 23.2 Å². The quantitative estimate of drug-likeness (QED) is 0.876. The van der Waals surface area contributed by atoms with Gasteiger partial charge in [-0.2, -0.15) is 13.2 Å². The van der Waals surface area contributed by atoms with E-state index in [0.29, 0.717) is 23.6 Å². The lowest BCUT2D eigenvalue weighted by molar-refractivity contribution is -0.188. The number of benzene rings is 1. The van der Waals surface area contributed by atoms with Gasteiger partial charge in [0.1, 0.15) is 5.75 Å². The first-order valence-electron chi connectivity index (χ1n) is 6.58. The number of phenols is 1. The van der Waals surface area contributed by atoms with Crippen LogP contribution in [0.25, 0.3) is 0 Å². The van der Waals surface area contributed by atoms with Crippen molar-refractivity contribution in [3.05, 3.63) is 28.8 Å². The van der Waals surface area contributed by atoms with E-state index >= 15 is 0 Å². The summed E-state index contributed by atoms with van der Waals surface area (Å²) in [6, 6.07) is 4.35. The fourth-order valence-corrected chi connectivity index (χ4v) is 2.86. The Morgan fingerprint density at radius 1 is 1.40 bits per heavy atom. The summed E-state index contributed by atoms with van der Waals surface area (Å²) in [5.41, 5.74) is 0.570. The number of rotatable bonds is 2. The van der Waals surface area contributed by atoms with Crippen LogP contribution in [0.1, 0.15) is 31.4 Å². The van der Waals surface area contributed by atoms with Gasteiger partial charge >= 0.3 is 6.18 Å². The van der Waals surface area contributed by atoms with Gasteiger partial charge in [0.15, 0.2) is 0 Å². The molecule has 0 saturated carbocycles. The molecule has 0 aliphatic carbocycles. The molecule has 0 amide bonds. The number of likely N-dealkylation sites (tertiary alicyclic amines) is 1. The first-order chi connectivity index (χ1) is 9.29. The molecule has 0 spiro atoms. The van der Waals surface area contributed by atoms with E-state index in [1.807, 2.05) is 0 Å². The Morgan fingerprint density at radius 2 is 2.10 bits per heavy atom. The highest BCUT2D eigenvalue weighted by atomic mass is 35.5. The standard InChI is InChI=1S/C14H17ClF3NO/c1-9(12-7-11(15)4-5-13(12)20)19-6-2-3-10(8-19)14(16,17)18/h4-5,7,9-10,20H,2-3,6,8H2,1H3. The van der Waals surface area contributed by atoms with Crippen molar-refractivity contribution in [1.82, 2.24) is 4.90 Å². The molecule has 1 heterocycles. The number of nitrogens with zero attached hydrogens (tertiary/aromatic N) is 1. The minimum absolute atomic E-state index is 0.0311. The summed E-state index contributed by atoms with van der Waals surface area (Å²) in [4.78, 5) is 1.76. The van der Waals surface area contributed by atoms with Crippen molar-refractivity contribution < 1.29 is 18.3 Å². The highest BCUT2D eigenvalue weighted by molar-refractivity contribution is 6.30. The molecule has 0 bridgehead atoms. The van der Waals surface area contributed by atoms with Crippen molar-refractivity contribution >= 4 is 11.6 Å². The van der Waals surface area contributed by atoms with Gasteiger partial charge in [-0.1, -0.05) is 11.6 Å². The van der Waals surface area contributed by atoms with E-state index in [4.69, 9.17) is 11.6 Å². The van der Waals surface area contributed by atoms with Crippen LogP contribution in [0.5, 0.6) is 5.75 Å². The zero-order chi connectivity index (χ0) is 14.9. The average molecular weight is 308 g/mol. The summed E-state index contributed by atoms with van der Waals surface area (Å²) < 4.78 is 38.5. The zero-order valence-electron chi connectivity index (χ0n) is 11.1. The Balaban J connectivity index is 2.16. The lowest BCUT2D eigenvalue weighted by Gasteiger charge is -2.37. The number of aromatic hydroxyl groups is 1. The van der Waals surface area contributed by atoms with Crippen LogP contribution in [0.3, 0.4) is 0 Å². The average Bonchev–Trinajstić information content (AvgIpc) is 2.40. The lowest BCUT2D eigenvalue weighted by Crippen LogP contribution is -2.42. The van der Waals surface area contributed by atoms with Crippen LogP contribution in [-0.4, -0.2) is 29.3 Å². The van der Waals surface area contributed by atoms with Gasteiger partial charge in [-0.15, -0.1) is 0 Å². The first kappa shape index (κ1) is 15.4. The number of alkyl halides is 3. The highest BCUT2D eigenvalue weighted by Gasteiger charge is 2.42.